The summed E-state index contributed by atoms with van der Waals surface area (Å²) in [6.45, 7) is 1.52. The van der Waals surface area contributed by atoms with Gasteiger partial charge in [0.1, 0.15) is 73.2 Å². The molecule has 19 nitrogen and oxygen atoms in total. The zero-order valence-electron chi connectivity index (χ0n) is 53.8. The van der Waals surface area contributed by atoms with Crippen LogP contribution in [0.3, 0.4) is 0 Å². The van der Waals surface area contributed by atoms with E-state index in [1.54, 1.807) is 6.08 Å². The maximum absolute atomic E-state index is 13.4. The molecule has 0 radical (unpaired) electrons. The number of rotatable bonds is 48. The second-order valence-electron chi connectivity index (χ2n) is 23.2. The van der Waals surface area contributed by atoms with E-state index in [1.807, 2.05) is 18.2 Å². The van der Waals surface area contributed by atoms with Gasteiger partial charge in [-0.1, -0.05) is 205 Å². The molecular formula is C71H115NO18. The van der Waals surface area contributed by atoms with Crippen molar-refractivity contribution < 1.29 is 89.4 Å². The topological polar surface area (TPSA) is 307 Å². The van der Waals surface area contributed by atoms with E-state index in [9.17, 15) is 61.0 Å². The number of hydrogen-bond donors (Lipinski definition) is 12. The van der Waals surface area contributed by atoms with Gasteiger partial charge >= 0.3 is 0 Å². The van der Waals surface area contributed by atoms with Crippen LogP contribution in [0.25, 0.3) is 0 Å². The standard InChI is InChI=1S/C71H115NO18/c1-3-5-7-9-11-13-15-17-19-21-22-23-24-25-26-27-28-29-30-31-32-33-35-37-39-41-43-45-47-49-59(77)72-54(55(76)48-46-44-42-40-38-36-34-20-18-16-14-12-10-8-6-4-2)53-85-69-65(83)62(80)67(57(51-74)87-69)90-71-66(84)63(81)68(58(52-75)88-71)89-70-64(82)61(79)60(78)56(50-73)86-70/h5,7,11,13,17,19,22-23,25-26,28-29,31-32,35,37-38,40-41,43,46,48,54-58,60-71,73-76,78-84H,3-4,6,8-10,12,14-16,18,20-21,24,27,30,33-34,36,39,42,44-45,47,49-53H2,1-2H3,(H,72,77)/b7-5-,13-11-,19-17-,23-22-,26-25-,29-28-,32-31-,37-35-,40-38+,43-41-,48-46+. The molecule has 0 bridgehead atoms. The van der Waals surface area contributed by atoms with Gasteiger partial charge in [-0.2, -0.15) is 0 Å². The first-order valence-electron chi connectivity index (χ1n) is 33.4. The van der Waals surface area contributed by atoms with E-state index < -0.39 is 131 Å². The number of aliphatic hydroxyl groups is 11. The highest BCUT2D eigenvalue weighted by Crippen LogP contribution is 2.33. The Morgan fingerprint density at radius 1 is 0.411 bits per heavy atom. The zero-order valence-corrected chi connectivity index (χ0v) is 53.8. The number of carbonyl (C=O) groups excluding carboxylic acids is 1. The summed E-state index contributed by atoms with van der Waals surface area (Å²) in [6.07, 6.45) is 44.3. The first kappa shape index (κ1) is 80.2. The number of ether oxygens (including phenoxy) is 6. The van der Waals surface area contributed by atoms with Crippen LogP contribution in [-0.2, 0) is 33.2 Å². The highest BCUT2D eigenvalue weighted by molar-refractivity contribution is 5.76. The van der Waals surface area contributed by atoms with Gasteiger partial charge in [0.25, 0.3) is 0 Å². The van der Waals surface area contributed by atoms with Crippen molar-refractivity contribution in [3.8, 4) is 0 Å². The lowest BCUT2D eigenvalue weighted by molar-refractivity contribution is -0.379. The number of hydrogen-bond acceptors (Lipinski definition) is 18. The Labute approximate surface area is 537 Å². The quantitative estimate of drug-likeness (QED) is 0.0202. The van der Waals surface area contributed by atoms with Crippen molar-refractivity contribution in [3.63, 3.8) is 0 Å². The van der Waals surface area contributed by atoms with Gasteiger partial charge in [0.15, 0.2) is 18.9 Å². The molecule has 19 heteroatoms. The molecule has 0 aromatic heterocycles. The molecule has 17 atom stereocenters. The van der Waals surface area contributed by atoms with E-state index in [-0.39, 0.29) is 12.3 Å². The lowest BCUT2D eigenvalue weighted by Crippen LogP contribution is -2.66. The largest absolute Gasteiger partial charge is 0.394 e. The van der Waals surface area contributed by atoms with Crippen LogP contribution in [0.4, 0.5) is 0 Å². The van der Waals surface area contributed by atoms with Crippen LogP contribution in [-0.4, -0.2) is 193 Å². The lowest BCUT2D eigenvalue weighted by Gasteiger charge is -2.48. The average molecular weight is 1270 g/mol. The smallest absolute Gasteiger partial charge is 0.220 e. The molecule has 1 amide bonds. The van der Waals surface area contributed by atoms with Gasteiger partial charge < -0.3 is 89.9 Å². The van der Waals surface area contributed by atoms with Crippen molar-refractivity contribution in [1.82, 2.24) is 5.32 Å². The molecule has 3 saturated heterocycles. The van der Waals surface area contributed by atoms with Crippen LogP contribution in [0.5, 0.6) is 0 Å². The highest BCUT2D eigenvalue weighted by Gasteiger charge is 2.53. The summed E-state index contributed by atoms with van der Waals surface area (Å²) in [5, 5.41) is 120. The van der Waals surface area contributed by atoms with Crippen LogP contribution >= 0.6 is 0 Å². The monoisotopic (exact) mass is 1270 g/mol. The van der Waals surface area contributed by atoms with Crippen LogP contribution in [0.1, 0.15) is 174 Å². The van der Waals surface area contributed by atoms with E-state index in [1.165, 1.54) is 57.8 Å². The number of carbonyl (C=O) groups is 1. The van der Waals surface area contributed by atoms with Crippen molar-refractivity contribution >= 4 is 5.91 Å². The summed E-state index contributed by atoms with van der Waals surface area (Å²) < 4.78 is 34.2. The molecule has 3 rings (SSSR count). The van der Waals surface area contributed by atoms with Crippen LogP contribution in [0, 0.1) is 0 Å². The van der Waals surface area contributed by atoms with E-state index in [4.69, 9.17) is 28.4 Å². The third-order valence-corrected chi connectivity index (χ3v) is 15.7. The number of amides is 1. The van der Waals surface area contributed by atoms with Gasteiger partial charge in [0.2, 0.25) is 5.91 Å². The maximum Gasteiger partial charge on any atom is 0.220 e. The molecule has 0 aromatic carbocycles. The van der Waals surface area contributed by atoms with Crippen molar-refractivity contribution in [2.45, 2.75) is 279 Å². The van der Waals surface area contributed by atoms with Crippen LogP contribution in [0.15, 0.2) is 134 Å². The van der Waals surface area contributed by atoms with Crippen molar-refractivity contribution in [2.75, 3.05) is 26.4 Å². The van der Waals surface area contributed by atoms with E-state index in [0.29, 0.717) is 19.3 Å². The lowest BCUT2D eigenvalue weighted by atomic mass is 9.96. The summed E-state index contributed by atoms with van der Waals surface area (Å²) in [5.41, 5.74) is 0. The minimum Gasteiger partial charge on any atom is -0.394 e. The molecule has 3 aliphatic heterocycles. The summed E-state index contributed by atoms with van der Waals surface area (Å²) in [5.74, 6) is -0.350. The normalized spacial score (nSPS) is 28.9. The number of unbranched alkanes of at least 4 members (excludes halogenated alkanes) is 12. The number of allylic oxidation sites excluding steroid dienone is 21. The molecule has 0 aromatic rings. The number of aliphatic hydroxyl groups excluding tert-OH is 11. The fourth-order valence-electron chi connectivity index (χ4n) is 10.3. The Balaban J connectivity index is 1.48. The Bertz CT molecular complexity index is 2150. The van der Waals surface area contributed by atoms with Gasteiger partial charge in [-0.25, -0.2) is 0 Å². The van der Waals surface area contributed by atoms with Crippen LogP contribution < -0.4 is 5.32 Å². The molecule has 512 valence electrons. The van der Waals surface area contributed by atoms with E-state index in [0.717, 1.165) is 77.0 Å². The second-order valence-corrected chi connectivity index (χ2v) is 23.2. The highest BCUT2D eigenvalue weighted by atomic mass is 16.8. The fourth-order valence-corrected chi connectivity index (χ4v) is 10.3. The first-order valence-corrected chi connectivity index (χ1v) is 33.4. The second kappa shape index (κ2) is 51.4. The molecule has 17 unspecified atom stereocenters. The van der Waals surface area contributed by atoms with Crippen molar-refractivity contribution in [2.24, 2.45) is 0 Å². The summed E-state index contributed by atoms with van der Waals surface area (Å²) in [4.78, 5) is 13.4. The predicted molar refractivity (Wildman–Crippen MR) is 350 cm³/mol. The third kappa shape index (κ3) is 33.2. The fraction of sp³-hybridized carbons (Fsp3) is 0.676. The Hall–Kier alpha value is -4.07. The summed E-state index contributed by atoms with van der Waals surface area (Å²) in [6, 6.07) is -1.03. The van der Waals surface area contributed by atoms with Gasteiger partial charge in [0, 0.05) is 6.42 Å². The van der Waals surface area contributed by atoms with Crippen LogP contribution in [0.2, 0.25) is 0 Å². The number of nitrogens with one attached hydrogen (secondary N) is 1. The minimum absolute atomic E-state index is 0.146. The van der Waals surface area contributed by atoms with E-state index in [2.05, 4.69) is 129 Å². The third-order valence-electron chi connectivity index (χ3n) is 15.7. The molecule has 3 fully saturated rings. The molecule has 0 aliphatic carbocycles. The SMILES string of the molecule is CC/C=C\C/C=C\C/C=C\C/C=C\C/C=C\C/C=C\C/C=C\C/C=C\C/C=C\CCCC(=O)NC(COC1OC(CO)C(OC2OC(CO)C(OC3OC(CO)C(O)C(O)C3O)C(O)C2O)C(O)C1O)C(O)/C=C/CC/C=C/CCCCCCCCCCCC. The van der Waals surface area contributed by atoms with Crippen molar-refractivity contribution in [3.05, 3.63) is 134 Å². The summed E-state index contributed by atoms with van der Waals surface area (Å²) >= 11 is 0. The Morgan fingerprint density at radius 3 is 1.24 bits per heavy atom. The molecule has 0 spiro atoms. The summed E-state index contributed by atoms with van der Waals surface area (Å²) in [7, 11) is 0. The first-order chi connectivity index (χ1) is 43.8. The maximum atomic E-state index is 13.4. The Kier molecular flexibility index (Phi) is 45.7. The molecule has 12 N–H and O–H groups in total. The average Bonchev–Trinajstić information content (AvgIpc) is 1.05. The molecule has 90 heavy (non-hydrogen) atoms. The van der Waals surface area contributed by atoms with Gasteiger partial charge in [0.05, 0.1) is 38.6 Å². The Morgan fingerprint density at radius 2 is 0.778 bits per heavy atom. The van der Waals surface area contributed by atoms with Gasteiger partial charge in [-0.15, -0.1) is 0 Å². The molecular weight excluding hydrogens is 1150 g/mol. The van der Waals surface area contributed by atoms with E-state index >= 15 is 0 Å². The molecule has 3 heterocycles. The van der Waals surface area contributed by atoms with Crippen molar-refractivity contribution in [1.29, 1.82) is 0 Å². The molecule has 0 saturated carbocycles. The minimum atomic E-state index is -1.99. The van der Waals surface area contributed by atoms with Gasteiger partial charge in [-0.05, 0) is 96.3 Å². The zero-order chi connectivity index (χ0) is 65.4. The molecule has 3 aliphatic rings. The van der Waals surface area contributed by atoms with Gasteiger partial charge in [-0.3, -0.25) is 4.79 Å². The predicted octanol–water partition coefficient (Wildman–Crippen LogP) is 8.21.